The zero-order chi connectivity index (χ0) is 17.9. The molecule has 0 saturated carbocycles. The summed E-state index contributed by atoms with van der Waals surface area (Å²) in [6, 6.07) is 6.94. The number of amides is 1. The van der Waals surface area contributed by atoms with Gasteiger partial charge in [0.05, 0.1) is 5.69 Å². The molecule has 0 fully saturated rings. The molecule has 0 unspecified atom stereocenters. The van der Waals surface area contributed by atoms with Crippen LogP contribution in [0.3, 0.4) is 0 Å². The summed E-state index contributed by atoms with van der Waals surface area (Å²) in [4.78, 5) is 23.9. The van der Waals surface area contributed by atoms with Crippen molar-refractivity contribution in [2.45, 2.75) is 20.0 Å². The molecule has 1 amide bonds. The van der Waals surface area contributed by atoms with Crippen LogP contribution in [-0.4, -0.2) is 23.1 Å². The molecule has 0 heterocycles. The zero-order valence-corrected chi connectivity index (χ0v) is 13.0. The Hall–Kier alpha value is -2.96. The first-order valence-electron chi connectivity index (χ1n) is 7.04. The van der Waals surface area contributed by atoms with E-state index in [2.05, 4.69) is 5.32 Å². The smallest absolute Gasteiger partial charge is 0.342 e. The van der Waals surface area contributed by atoms with Crippen LogP contribution >= 0.6 is 0 Å². The first-order valence-corrected chi connectivity index (χ1v) is 7.04. The van der Waals surface area contributed by atoms with E-state index in [1.807, 2.05) is 0 Å². The molecule has 7 heteroatoms. The monoisotopic (exact) mass is 335 g/mol. The lowest BCUT2D eigenvalue weighted by Crippen LogP contribution is -2.30. The third kappa shape index (κ3) is 4.07. The maximum atomic E-state index is 13.5. The van der Waals surface area contributed by atoms with E-state index in [1.54, 1.807) is 13.0 Å². The normalized spacial score (nSPS) is 11.7. The number of anilines is 1. The second-order valence-corrected chi connectivity index (χ2v) is 5.18. The molecular weight excluding hydrogens is 320 g/mol. The Balaban J connectivity index is 2.05. The van der Waals surface area contributed by atoms with Crippen molar-refractivity contribution in [3.63, 3.8) is 0 Å². The van der Waals surface area contributed by atoms with Gasteiger partial charge in [-0.3, -0.25) is 4.79 Å². The molecule has 0 spiro atoms. The molecule has 0 saturated heterocycles. The number of carbonyl (C=O) groups is 2. The number of phenols is 1. The molecule has 0 aliphatic heterocycles. The molecule has 0 aromatic heterocycles. The lowest BCUT2D eigenvalue weighted by molar-refractivity contribution is -0.123. The Morgan fingerprint density at radius 1 is 1.17 bits per heavy atom. The summed E-state index contributed by atoms with van der Waals surface area (Å²) in [5, 5.41) is 11.9. The summed E-state index contributed by atoms with van der Waals surface area (Å²) in [6.45, 7) is 3.01. The highest BCUT2D eigenvalue weighted by atomic mass is 19.1. The number of hydrogen-bond acceptors (Lipinski definition) is 4. The first kappa shape index (κ1) is 17.4. The van der Waals surface area contributed by atoms with Crippen LogP contribution in [0.1, 0.15) is 22.8 Å². The third-order valence-electron chi connectivity index (χ3n) is 3.21. The lowest BCUT2D eigenvalue weighted by atomic mass is 10.1. The average Bonchev–Trinajstić information content (AvgIpc) is 2.50. The number of hydrogen-bond donors (Lipinski definition) is 2. The molecule has 126 valence electrons. The molecule has 0 bridgehead atoms. The standard InChI is InChI=1S/C17H15F2NO4/c1-9-3-5-12(15(21)7-9)17(23)24-10(2)16(22)20-14-8-11(18)4-6-13(14)19/h3-8,10,21H,1-2H3,(H,20,22)/t10-/m1/s1. The van der Waals surface area contributed by atoms with E-state index in [0.717, 1.165) is 23.8 Å². The molecule has 2 rings (SSSR count). The average molecular weight is 335 g/mol. The second kappa shape index (κ2) is 7.08. The van der Waals surface area contributed by atoms with Crippen LogP contribution in [-0.2, 0) is 9.53 Å². The van der Waals surface area contributed by atoms with Crippen molar-refractivity contribution in [2.75, 3.05) is 5.32 Å². The van der Waals surface area contributed by atoms with Crippen LogP contribution in [0.2, 0.25) is 0 Å². The van der Waals surface area contributed by atoms with E-state index in [4.69, 9.17) is 4.74 Å². The molecule has 2 N–H and O–H groups in total. The van der Waals surface area contributed by atoms with Gasteiger partial charge in [-0.1, -0.05) is 6.07 Å². The SMILES string of the molecule is Cc1ccc(C(=O)O[C@H](C)C(=O)Nc2cc(F)ccc2F)c(O)c1. The van der Waals surface area contributed by atoms with E-state index in [-0.39, 0.29) is 17.0 Å². The van der Waals surface area contributed by atoms with Crippen LogP contribution < -0.4 is 5.32 Å². The van der Waals surface area contributed by atoms with Gasteiger partial charge in [0.2, 0.25) is 0 Å². The molecule has 2 aromatic rings. The maximum Gasteiger partial charge on any atom is 0.342 e. The van der Waals surface area contributed by atoms with Gasteiger partial charge in [-0.25, -0.2) is 13.6 Å². The fraction of sp³-hybridized carbons (Fsp3) is 0.176. The molecule has 0 aliphatic rings. The summed E-state index contributed by atoms with van der Waals surface area (Å²) in [5.41, 5.74) is 0.287. The van der Waals surface area contributed by atoms with E-state index >= 15 is 0 Å². The zero-order valence-electron chi connectivity index (χ0n) is 13.0. The minimum absolute atomic E-state index is 0.0998. The number of halogens is 2. The number of phenolic OH excluding ortho intramolecular Hbond substituents is 1. The number of ether oxygens (including phenoxy) is 1. The van der Waals surface area contributed by atoms with Gasteiger partial charge in [0.25, 0.3) is 5.91 Å². The number of esters is 1. The van der Waals surface area contributed by atoms with Crippen LogP contribution in [0.5, 0.6) is 5.75 Å². The fourth-order valence-electron chi connectivity index (χ4n) is 1.92. The summed E-state index contributed by atoms with van der Waals surface area (Å²) >= 11 is 0. The molecule has 24 heavy (non-hydrogen) atoms. The van der Waals surface area contributed by atoms with Crippen molar-refractivity contribution in [3.8, 4) is 5.75 Å². The van der Waals surface area contributed by atoms with Gasteiger partial charge in [-0.2, -0.15) is 0 Å². The van der Waals surface area contributed by atoms with Crippen molar-refractivity contribution < 1.29 is 28.2 Å². The van der Waals surface area contributed by atoms with Gasteiger partial charge in [0.15, 0.2) is 6.10 Å². The van der Waals surface area contributed by atoms with E-state index in [9.17, 15) is 23.5 Å². The molecular formula is C17H15F2NO4. The second-order valence-electron chi connectivity index (χ2n) is 5.18. The third-order valence-corrected chi connectivity index (χ3v) is 3.21. The predicted octanol–water partition coefficient (Wildman–Crippen LogP) is 3.16. The van der Waals surface area contributed by atoms with Crippen molar-refractivity contribution in [2.24, 2.45) is 0 Å². The largest absolute Gasteiger partial charge is 0.507 e. The van der Waals surface area contributed by atoms with Crippen LogP contribution in [0.15, 0.2) is 36.4 Å². The molecule has 0 radical (unpaired) electrons. The quantitative estimate of drug-likeness (QED) is 0.842. The van der Waals surface area contributed by atoms with E-state index in [0.29, 0.717) is 0 Å². The minimum Gasteiger partial charge on any atom is -0.507 e. The van der Waals surface area contributed by atoms with Crippen LogP contribution in [0.4, 0.5) is 14.5 Å². The maximum absolute atomic E-state index is 13.5. The first-order chi connectivity index (χ1) is 11.3. The number of benzene rings is 2. The van der Waals surface area contributed by atoms with Crippen molar-refractivity contribution in [1.82, 2.24) is 0 Å². The number of aryl methyl sites for hydroxylation is 1. The van der Waals surface area contributed by atoms with Crippen molar-refractivity contribution in [1.29, 1.82) is 0 Å². The van der Waals surface area contributed by atoms with Gasteiger partial charge >= 0.3 is 5.97 Å². The van der Waals surface area contributed by atoms with Crippen LogP contribution in [0.25, 0.3) is 0 Å². The van der Waals surface area contributed by atoms with Gasteiger partial charge in [0.1, 0.15) is 22.9 Å². The van der Waals surface area contributed by atoms with Crippen molar-refractivity contribution in [3.05, 3.63) is 59.2 Å². The van der Waals surface area contributed by atoms with Gasteiger partial charge in [-0.05, 0) is 43.7 Å². The molecule has 2 aromatic carbocycles. The van der Waals surface area contributed by atoms with Gasteiger partial charge < -0.3 is 15.2 Å². The molecule has 1 atom stereocenters. The summed E-state index contributed by atoms with van der Waals surface area (Å²) in [5.74, 6) is -3.56. The Morgan fingerprint density at radius 2 is 1.88 bits per heavy atom. The van der Waals surface area contributed by atoms with Gasteiger partial charge in [-0.15, -0.1) is 0 Å². The molecule has 5 nitrogen and oxygen atoms in total. The van der Waals surface area contributed by atoms with Gasteiger partial charge in [0, 0.05) is 6.07 Å². The highest BCUT2D eigenvalue weighted by Gasteiger charge is 2.22. The topological polar surface area (TPSA) is 75.6 Å². The summed E-state index contributed by atoms with van der Waals surface area (Å²) < 4.78 is 31.5. The summed E-state index contributed by atoms with van der Waals surface area (Å²) in [6.07, 6.45) is -1.28. The summed E-state index contributed by atoms with van der Waals surface area (Å²) in [7, 11) is 0. The number of aromatic hydroxyl groups is 1. The van der Waals surface area contributed by atoms with Crippen LogP contribution in [0, 0.1) is 18.6 Å². The highest BCUT2D eigenvalue weighted by molar-refractivity contribution is 5.98. The highest BCUT2D eigenvalue weighted by Crippen LogP contribution is 2.20. The Labute approximate surface area is 136 Å². The van der Waals surface area contributed by atoms with E-state index in [1.165, 1.54) is 19.1 Å². The number of nitrogens with one attached hydrogen (secondary N) is 1. The minimum atomic E-state index is -1.28. The van der Waals surface area contributed by atoms with Crippen molar-refractivity contribution >= 4 is 17.6 Å². The van der Waals surface area contributed by atoms with E-state index < -0.39 is 29.6 Å². The Morgan fingerprint density at radius 3 is 2.54 bits per heavy atom. The lowest BCUT2D eigenvalue weighted by Gasteiger charge is -2.14. The predicted molar refractivity (Wildman–Crippen MR) is 82.7 cm³/mol. The number of carbonyl (C=O) groups excluding carboxylic acids is 2. The Bertz CT molecular complexity index is 792. The fourth-order valence-corrected chi connectivity index (χ4v) is 1.92. The number of rotatable bonds is 4. The molecule has 0 aliphatic carbocycles. The Kier molecular flexibility index (Phi) is 5.13.